The summed E-state index contributed by atoms with van der Waals surface area (Å²) in [7, 11) is 0. The molecule has 4 atom stereocenters. The summed E-state index contributed by atoms with van der Waals surface area (Å²) in [4.78, 5) is 26.9. The number of benzene rings is 1. The number of nitrogens with one attached hydrogen (secondary N) is 1. The van der Waals surface area contributed by atoms with Crippen molar-refractivity contribution in [2.24, 2.45) is 5.92 Å². The van der Waals surface area contributed by atoms with Gasteiger partial charge in [-0.05, 0) is 40.2 Å². The zero-order chi connectivity index (χ0) is 22.8. The van der Waals surface area contributed by atoms with Gasteiger partial charge in [-0.3, -0.25) is 10.2 Å². The second-order valence-electron chi connectivity index (χ2n) is 9.29. The Morgan fingerprint density at radius 3 is 2.45 bits per heavy atom. The maximum Gasteiger partial charge on any atom is 0.412 e. The van der Waals surface area contributed by atoms with Gasteiger partial charge in [0, 0.05) is 12.5 Å². The molecule has 0 radical (unpaired) electrons. The van der Waals surface area contributed by atoms with Gasteiger partial charge in [-0.25, -0.2) is 9.59 Å². The largest absolute Gasteiger partial charge is 0.445 e. The van der Waals surface area contributed by atoms with Gasteiger partial charge in [-0.1, -0.05) is 30.3 Å². The number of nitrogens with zero attached hydrogens (tertiary/aromatic N) is 1. The number of carbonyl (C=O) groups is 2. The van der Waals surface area contributed by atoms with Crippen LogP contribution in [0.25, 0.3) is 0 Å². The Bertz CT molecular complexity index is 778. The summed E-state index contributed by atoms with van der Waals surface area (Å²) in [6.07, 6.45) is -3.40. The highest BCUT2D eigenvalue weighted by Gasteiger charge is 2.55. The number of hydrogen-bond donors (Lipinski definition) is 2. The quantitative estimate of drug-likeness (QED) is 0.747. The van der Waals surface area contributed by atoms with E-state index in [9.17, 15) is 14.7 Å². The minimum absolute atomic E-state index is 0.0854. The lowest BCUT2D eigenvalue weighted by atomic mass is 9.91. The summed E-state index contributed by atoms with van der Waals surface area (Å²) in [5, 5.41) is 12.6. The minimum atomic E-state index is -0.930. The number of amides is 2. The average molecular weight is 437 g/mol. The number of piperidine rings is 1. The number of hydrogen-bond acceptors (Lipinski definition) is 7. The normalized spacial score (nSPS) is 27.4. The molecule has 1 aromatic rings. The van der Waals surface area contributed by atoms with Crippen LogP contribution in [0, 0.1) is 5.92 Å². The van der Waals surface area contributed by atoms with Gasteiger partial charge < -0.3 is 24.1 Å². The summed E-state index contributed by atoms with van der Waals surface area (Å²) in [5.74, 6) is -1.32. The summed E-state index contributed by atoms with van der Waals surface area (Å²) >= 11 is 0. The Kier molecular flexibility index (Phi) is 6.78. The van der Waals surface area contributed by atoms with Crippen LogP contribution < -0.4 is 5.32 Å². The molecule has 0 aliphatic carbocycles. The van der Waals surface area contributed by atoms with E-state index >= 15 is 0 Å². The van der Waals surface area contributed by atoms with Crippen molar-refractivity contribution in [2.45, 2.75) is 71.0 Å². The van der Waals surface area contributed by atoms with E-state index in [4.69, 9.17) is 18.9 Å². The van der Waals surface area contributed by atoms with Gasteiger partial charge in [0.1, 0.15) is 24.5 Å². The highest BCUT2D eigenvalue weighted by atomic mass is 16.8. The van der Waals surface area contributed by atoms with Crippen molar-refractivity contribution in [1.82, 2.24) is 10.2 Å². The molecule has 0 saturated carbocycles. The fourth-order valence-corrected chi connectivity index (χ4v) is 3.79. The predicted molar refractivity (Wildman–Crippen MR) is 111 cm³/mol. The minimum Gasteiger partial charge on any atom is -0.445 e. The number of carbonyl (C=O) groups excluding carboxylic acids is 2. The van der Waals surface area contributed by atoms with Gasteiger partial charge in [0.25, 0.3) is 0 Å². The highest BCUT2D eigenvalue weighted by molar-refractivity contribution is 5.72. The summed E-state index contributed by atoms with van der Waals surface area (Å²) in [6.45, 7) is 8.80. The molecule has 0 bridgehead atoms. The van der Waals surface area contributed by atoms with Gasteiger partial charge in [0.2, 0.25) is 0 Å². The molecule has 172 valence electrons. The molecule has 2 saturated heterocycles. The van der Waals surface area contributed by atoms with Crippen LogP contribution >= 0.6 is 0 Å². The Hall–Kier alpha value is -2.36. The van der Waals surface area contributed by atoms with Crippen molar-refractivity contribution in [3.05, 3.63) is 35.9 Å². The van der Waals surface area contributed by atoms with E-state index in [0.717, 1.165) is 5.56 Å². The van der Waals surface area contributed by atoms with Crippen molar-refractivity contribution in [3.63, 3.8) is 0 Å². The lowest BCUT2D eigenvalue weighted by Crippen LogP contribution is -2.66. The molecule has 31 heavy (non-hydrogen) atoms. The third kappa shape index (κ3) is 5.87. The molecule has 0 aromatic heterocycles. The molecule has 9 nitrogen and oxygen atoms in total. The average Bonchev–Trinajstić information content (AvgIpc) is 3.01. The van der Waals surface area contributed by atoms with E-state index in [0.29, 0.717) is 0 Å². The van der Waals surface area contributed by atoms with Crippen LogP contribution in [0.1, 0.15) is 40.2 Å². The predicted octanol–water partition coefficient (Wildman–Crippen LogP) is 2.62. The fraction of sp³-hybridized carbons (Fsp3) is 0.636. The van der Waals surface area contributed by atoms with E-state index in [1.807, 2.05) is 30.3 Å². The Labute approximate surface area is 182 Å². The van der Waals surface area contributed by atoms with Crippen LogP contribution in [0.4, 0.5) is 9.59 Å². The summed E-state index contributed by atoms with van der Waals surface area (Å²) < 4.78 is 22.9. The molecular formula is C22H32N2O7. The zero-order valence-corrected chi connectivity index (χ0v) is 18.7. The van der Waals surface area contributed by atoms with Gasteiger partial charge in [-0.2, -0.15) is 0 Å². The lowest BCUT2D eigenvalue weighted by Gasteiger charge is -2.44. The first-order valence-electron chi connectivity index (χ1n) is 10.4. The topological polar surface area (TPSA) is 107 Å². The molecule has 3 rings (SSSR count). The van der Waals surface area contributed by atoms with E-state index in [2.05, 4.69) is 5.32 Å². The van der Waals surface area contributed by atoms with Crippen LogP contribution in [-0.2, 0) is 25.6 Å². The Morgan fingerprint density at radius 2 is 1.84 bits per heavy atom. The zero-order valence-electron chi connectivity index (χ0n) is 18.7. The molecule has 9 heteroatoms. The molecular weight excluding hydrogens is 404 g/mol. The molecule has 2 fully saturated rings. The van der Waals surface area contributed by atoms with Crippen LogP contribution in [0.3, 0.4) is 0 Å². The third-order valence-electron chi connectivity index (χ3n) is 5.05. The number of likely N-dealkylation sites (tertiary alicyclic amines) is 1. The first-order chi connectivity index (χ1) is 14.5. The maximum absolute atomic E-state index is 12.9. The van der Waals surface area contributed by atoms with Crippen LogP contribution in [0.15, 0.2) is 30.3 Å². The van der Waals surface area contributed by atoms with Crippen molar-refractivity contribution >= 4 is 12.2 Å². The Balaban J connectivity index is 1.78. The first-order valence-corrected chi connectivity index (χ1v) is 10.4. The van der Waals surface area contributed by atoms with Crippen molar-refractivity contribution in [1.29, 1.82) is 0 Å². The number of aliphatic hydroxyl groups excluding tert-OH is 1. The Morgan fingerprint density at radius 1 is 1.19 bits per heavy atom. The third-order valence-corrected chi connectivity index (χ3v) is 5.05. The number of fused-ring (bicyclic) bond motifs is 1. The monoisotopic (exact) mass is 436 g/mol. The van der Waals surface area contributed by atoms with Crippen molar-refractivity contribution < 1.29 is 33.6 Å². The van der Waals surface area contributed by atoms with Crippen molar-refractivity contribution in [3.8, 4) is 0 Å². The molecule has 2 amide bonds. The number of ether oxygens (including phenoxy) is 4. The van der Waals surface area contributed by atoms with Gasteiger partial charge in [0.05, 0.1) is 12.7 Å². The maximum atomic E-state index is 12.9. The standard InChI is InChI=1S/C22H32N2O7/c1-21(2,3)31-20(27)24-11-15(12-25)16-17(30-22(4,5)29-16)18(24)23-19(26)28-13-14-9-7-6-8-10-14/h6-10,15-18,25H,11-13H2,1-5H3,(H,23,26)/t15-,16+,17+,18+/m1/s1. The highest BCUT2D eigenvalue weighted by Crippen LogP contribution is 2.38. The number of aliphatic hydroxyl groups is 1. The van der Waals surface area contributed by atoms with Gasteiger partial charge >= 0.3 is 12.2 Å². The first kappa shape index (κ1) is 23.3. The van der Waals surface area contributed by atoms with Crippen LogP contribution in [0.5, 0.6) is 0 Å². The second-order valence-corrected chi connectivity index (χ2v) is 9.29. The van der Waals surface area contributed by atoms with Crippen molar-refractivity contribution in [2.75, 3.05) is 13.2 Å². The summed E-state index contributed by atoms with van der Waals surface area (Å²) in [6, 6.07) is 9.28. The molecule has 2 heterocycles. The second kappa shape index (κ2) is 9.02. The number of alkyl carbamates (subject to hydrolysis) is 1. The van der Waals surface area contributed by atoms with E-state index in [1.54, 1.807) is 34.6 Å². The fourth-order valence-electron chi connectivity index (χ4n) is 3.79. The van der Waals surface area contributed by atoms with Gasteiger partial charge in [-0.15, -0.1) is 0 Å². The molecule has 0 spiro atoms. The van der Waals surface area contributed by atoms with Crippen LogP contribution in [-0.4, -0.2) is 65.1 Å². The summed E-state index contributed by atoms with van der Waals surface area (Å²) in [5.41, 5.74) is 0.109. The van der Waals surface area contributed by atoms with E-state index in [-0.39, 0.29) is 19.8 Å². The van der Waals surface area contributed by atoms with E-state index < -0.39 is 47.9 Å². The van der Waals surface area contributed by atoms with Crippen LogP contribution in [0.2, 0.25) is 0 Å². The molecule has 2 N–H and O–H groups in total. The lowest BCUT2D eigenvalue weighted by molar-refractivity contribution is -0.151. The molecule has 1 aromatic carbocycles. The van der Waals surface area contributed by atoms with Gasteiger partial charge in [0.15, 0.2) is 5.79 Å². The number of rotatable bonds is 4. The molecule has 2 aliphatic heterocycles. The molecule has 0 unspecified atom stereocenters. The smallest absolute Gasteiger partial charge is 0.412 e. The molecule has 2 aliphatic rings. The van der Waals surface area contributed by atoms with E-state index in [1.165, 1.54) is 4.90 Å². The SMILES string of the molecule is CC(C)(C)OC(=O)N1C[C@H](CO)[C@@H]2OC(C)(C)O[C@@H]2[C@H]1NC(=O)OCc1ccccc1.